The number of para-hydroxylation sites is 1. The SMILES string of the molecule is COc1cc(Cl)c(C)cc1NC(=O)C(C)OC(=O)CCn1cnc2ccccc2c1=O. The highest BCUT2D eigenvalue weighted by Crippen LogP contribution is 2.31. The number of benzene rings is 2. The van der Waals surface area contributed by atoms with E-state index >= 15 is 0 Å². The van der Waals surface area contributed by atoms with Crippen molar-refractivity contribution in [1.82, 2.24) is 9.55 Å². The van der Waals surface area contributed by atoms with Gasteiger partial charge in [0.05, 0.1) is 36.4 Å². The molecule has 9 heteroatoms. The summed E-state index contributed by atoms with van der Waals surface area (Å²) in [7, 11) is 1.46. The maximum Gasteiger partial charge on any atom is 0.308 e. The van der Waals surface area contributed by atoms with Crippen LogP contribution in [0, 0.1) is 6.92 Å². The number of aryl methyl sites for hydroxylation is 2. The van der Waals surface area contributed by atoms with Crippen molar-refractivity contribution in [3.05, 3.63) is 63.7 Å². The number of halogens is 1. The zero-order chi connectivity index (χ0) is 22.5. The first-order valence-corrected chi connectivity index (χ1v) is 9.96. The molecule has 1 unspecified atom stereocenters. The van der Waals surface area contributed by atoms with Crippen LogP contribution < -0.4 is 15.6 Å². The van der Waals surface area contributed by atoms with Gasteiger partial charge in [0.2, 0.25) is 0 Å². The number of nitrogens with one attached hydrogen (secondary N) is 1. The van der Waals surface area contributed by atoms with E-state index in [1.807, 2.05) is 0 Å². The summed E-state index contributed by atoms with van der Waals surface area (Å²) in [5.74, 6) is -0.731. The molecule has 0 spiro atoms. The number of amides is 1. The fraction of sp³-hybridized carbons (Fsp3) is 0.273. The third-order valence-electron chi connectivity index (χ3n) is 4.70. The average molecular weight is 444 g/mol. The number of ether oxygens (including phenoxy) is 2. The maximum absolute atomic E-state index is 12.5. The zero-order valence-corrected chi connectivity index (χ0v) is 18.1. The van der Waals surface area contributed by atoms with Crippen LogP contribution in [0.15, 0.2) is 47.5 Å². The molecule has 1 N–H and O–H groups in total. The number of anilines is 1. The summed E-state index contributed by atoms with van der Waals surface area (Å²) in [4.78, 5) is 41.3. The number of hydrogen-bond acceptors (Lipinski definition) is 6. The number of aromatic nitrogens is 2. The molecule has 0 saturated carbocycles. The maximum atomic E-state index is 12.5. The van der Waals surface area contributed by atoms with E-state index in [9.17, 15) is 14.4 Å². The highest BCUT2D eigenvalue weighted by molar-refractivity contribution is 6.31. The van der Waals surface area contributed by atoms with Gasteiger partial charge in [0, 0.05) is 17.6 Å². The van der Waals surface area contributed by atoms with E-state index < -0.39 is 18.0 Å². The summed E-state index contributed by atoms with van der Waals surface area (Å²) in [6.45, 7) is 3.35. The number of rotatable bonds is 7. The van der Waals surface area contributed by atoms with Crippen molar-refractivity contribution in [1.29, 1.82) is 0 Å². The third kappa shape index (κ3) is 5.21. The topological polar surface area (TPSA) is 99.5 Å². The van der Waals surface area contributed by atoms with Crippen molar-refractivity contribution >= 4 is 40.1 Å². The Balaban J connectivity index is 1.59. The molecular formula is C22H22ClN3O5. The first kappa shape index (κ1) is 22.3. The molecule has 1 heterocycles. The summed E-state index contributed by atoms with van der Waals surface area (Å²) < 4.78 is 11.8. The van der Waals surface area contributed by atoms with Crippen molar-refractivity contribution in [2.24, 2.45) is 0 Å². The van der Waals surface area contributed by atoms with Gasteiger partial charge in [-0.15, -0.1) is 0 Å². The van der Waals surface area contributed by atoms with Gasteiger partial charge in [-0.3, -0.25) is 19.0 Å². The number of nitrogens with zero attached hydrogens (tertiary/aromatic N) is 2. The molecule has 1 amide bonds. The van der Waals surface area contributed by atoms with Gasteiger partial charge >= 0.3 is 5.97 Å². The Labute approximate surface area is 183 Å². The van der Waals surface area contributed by atoms with Gasteiger partial charge in [-0.1, -0.05) is 23.7 Å². The highest BCUT2D eigenvalue weighted by Gasteiger charge is 2.20. The van der Waals surface area contributed by atoms with Crippen molar-refractivity contribution in [2.45, 2.75) is 32.9 Å². The Kier molecular flexibility index (Phi) is 6.91. The smallest absolute Gasteiger partial charge is 0.308 e. The minimum absolute atomic E-state index is 0.0824. The van der Waals surface area contributed by atoms with Gasteiger partial charge in [-0.05, 0) is 37.6 Å². The number of esters is 1. The lowest BCUT2D eigenvalue weighted by molar-refractivity contribution is -0.153. The monoisotopic (exact) mass is 443 g/mol. The van der Waals surface area contributed by atoms with E-state index in [4.69, 9.17) is 21.1 Å². The highest BCUT2D eigenvalue weighted by atomic mass is 35.5. The van der Waals surface area contributed by atoms with E-state index in [1.54, 1.807) is 43.3 Å². The molecule has 0 saturated heterocycles. The number of hydrogen-bond donors (Lipinski definition) is 1. The van der Waals surface area contributed by atoms with Crippen molar-refractivity contribution in [2.75, 3.05) is 12.4 Å². The van der Waals surface area contributed by atoms with Crippen LogP contribution in [0.2, 0.25) is 5.02 Å². The minimum Gasteiger partial charge on any atom is -0.495 e. The summed E-state index contributed by atoms with van der Waals surface area (Å²) in [6, 6.07) is 10.2. The molecule has 1 atom stereocenters. The number of carbonyl (C=O) groups excluding carboxylic acids is 2. The second-order valence-corrected chi connectivity index (χ2v) is 7.34. The van der Waals surface area contributed by atoms with Crippen molar-refractivity contribution in [3.63, 3.8) is 0 Å². The van der Waals surface area contributed by atoms with Crippen LogP contribution in [0.4, 0.5) is 5.69 Å². The normalized spacial score (nSPS) is 11.7. The van der Waals surface area contributed by atoms with Gasteiger partial charge < -0.3 is 14.8 Å². The predicted octanol–water partition coefficient (Wildman–Crippen LogP) is 3.33. The lowest BCUT2D eigenvalue weighted by Crippen LogP contribution is -2.31. The van der Waals surface area contributed by atoms with Crippen LogP contribution in [-0.4, -0.2) is 34.6 Å². The second-order valence-electron chi connectivity index (χ2n) is 6.93. The molecule has 0 bridgehead atoms. The third-order valence-corrected chi connectivity index (χ3v) is 5.11. The van der Waals surface area contributed by atoms with E-state index in [0.29, 0.717) is 27.4 Å². The van der Waals surface area contributed by atoms with Crippen LogP contribution in [0.25, 0.3) is 10.9 Å². The fourth-order valence-electron chi connectivity index (χ4n) is 2.95. The summed E-state index contributed by atoms with van der Waals surface area (Å²) in [5.41, 5.74) is 1.53. The first-order chi connectivity index (χ1) is 14.8. The van der Waals surface area contributed by atoms with Crippen LogP contribution in [-0.2, 0) is 20.9 Å². The zero-order valence-electron chi connectivity index (χ0n) is 17.3. The first-order valence-electron chi connectivity index (χ1n) is 9.59. The summed E-state index contributed by atoms with van der Waals surface area (Å²) in [5, 5.41) is 3.65. The molecule has 1 aromatic heterocycles. The Bertz CT molecular complexity index is 1190. The van der Waals surface area contributed by atoms with Crippen molar-refractivity contribution < 1.29 is 19.1 Å². The summed E-state index contributed by atoms with van der Waals surface area (Å²) in [6.07, 6.45) is 0.268. The Morgan fingerprint density at radius 1 is 1.26 bits per heavy atom. The standard InChI is InChI=1S/C22H22ClN3O5/c1-13-10-18(19(30-3)11-16(13)23)25-21(28)14(2)31-20(27)8-9-26-12-24-17-7-5-4-6-15(17)22(26)29/h4-7,10-12,14H,8-9H2,1-3H3,(H,25,28). The van der Waals surface area contributed by atoms with Gasteiger partial charge in [0.25, 0.3) is 11.5 Å². The Morgan fingerprint density at radius 2 is 2.00 bits per heavy atom. The second kappa shape index (κ2) is 9.61. The molecule has 8 nitrogen and oxygen atoms in total. The number of carbonyl (C=O) groups is 2. The molecule has 0 aliphatic heterocycles. The molecule has 2 aromatic carbocycles. The Morgan fingerprint density at radius 3 is 2.74 bits per heavy atom. The van der Waals surface area contributed by atoms with E-state index in [1.165, 1.54) is 24.9 Å². The van der Waals surface area contributed by atoms with Gasteiger partial charge in [0.15, 0.2) is 6.10 Å². The van der Waals surface area contributed by atoms with E-state index in [2.05, 4.69) is 10.3 Å². The molecular weight excluding hydrogens is 422 g/mol. The Hall–Kier alpha value is -3.39. The molecule has 0 fully saturated rings. The minimum atomic E-state index is -1.04. The molecule has 31 heavy (non-hydrogen) atoms. The molecule has 0 radical (unpaired) electrons. The molecule has 0 aliphatic rings. The lowest BCUT2D eigenvalue weighted by atomic mass is 10.2. The molecule has 162 valence electrons. The molecule has 0 aliphatic carbocycles. The van der Waals surface area contributed by atoms with Gasteiger partial charge in [-0.2, -0.15) is 0 Å². The lowest BCUT2D eigenvalue weighted by Gasteiger charge is -2.16. The number of methoxy groups -OCH3 is 1. The fourth-order valence-corrected chi connectivity index (χ4v) is 3.10. The van der Waals surface area contributed by atoms with Crippen LogP contribution >= 0.6 is 11.6 Å². The largest absolute Gasteiger partial charge is 0.495 e. The van der Waals surface area contributed by atoms with Crippen molar-refractivity contribution in [3.8, 4) is 5.75 Å². The number of fused-ring (bicyclic) bond motifs is 1. The molecule has 3 aromatic rings. The van der Waals surface area contributed by atoms with E-state index in [0.717, 1.165) is 5.56 Å². The van der Waals surface area contributed by atoms with Crippen LogP contribution in [0.3, 0.4) is 0 Å². The predicted molar refractivity (Wildman–Crippen MR) is 118 cm³/mol. The van der Waals surface area contributed by atoms with E-state index in [-0.39, 0.29) is 18.5 Å². The quantitative estimate of drug-likeness (QED) is 0.562. The summed E-state index contributed by atoms with van der Waals surface area (Å²) >= 11 is 6.07. The average Bonchev–Trinajstić information content (AvgIpc) is 2.75. The van der Waals surface area contributed by atoms with Gasteiger partial charge in [0.1, 0.15) is 5.75 Å². The van der Waals surface area contributed by atoms with Crippen LogP contribution in [0.1, 0.15) is 18.9 Å². The van der Waals surface area contributed by atoms with Gasteiger partial charge in [-0.25, -0.2) is 4.98 Å². The molecule has 3 rings (SSSR count). The van der Waals surface area contributed by atoms with Crippen LogP contribution in [0.5, 0.6) is 5.75 Å².